The summed E-state index contributed by atoms with van der Waals surface area (Å²) in [5, 5.41) is 6.85. The van der Waals surface area contributed by atoms with E-state index in [9.17, 15) is 27.6 Å². The lowest BCUT2D eigenvalue weighted by Gasteiger charge is -2.13. The molecule has 0 aliphatic rings. The van der Waals surface area contributed by atoms with Gasteiger partial charge < -0.3 is 16.0 Å². The van der Waals surface area contributed by atoms with Crippen molar-refractivity contribution in [1.29, 1.82) is 0 Å². The number of pyridine rings is 1. The van der Waals surface area contributed by atoms with Crippen LogP contribution in [0.3, 0.4) is 0 Å². The maximum atomic E-state index is 12.1. The number of benzene rings is 3. The van der Waals surface area contributed by atoms with Crippen LogP contribution in [0.1, 0.15) is 56.0 Å². The van der Waals surface area contributed by atoms with Crippen molar-refractivity contribution < 1.29 is 27.6 Å². The molecular weight excluding hydrogens is 607 g/mol. The fourth-order valence-electron chi connectivity index (χ4n) is 3.83. The number of hydrogen-bond acceptors (Lipinski definition) is 6. The van der Waals surface area contributed by atoms with Crippen LogP contribution in [-0.2, 0) is 6.18 Å². The molecule has 8 nitrogen and oxygen atoms in total. The molecule has 5 aromatic rings. The van der Waals surface area contributed by atoms with Gasteiger partial charge in [-0.15, -0.1) is 0 Å². The molecule has 3 N–H and O–H groups in total. The van der Waals surface area contributed by atoms with Gasteiger partial charge in [0.2, 0.25) is 0 Å². The van der Waals surface area contributed by atoms with Crippen molar-refractivity contribution in [2.75, 3.05) is 33.1 Å². The Kier molecular flexibility index (Phi) is 16.9. The number of nitrogens with zero attached hydrogens (tertiary/aromatic N) is 3. The fraction of sp³-hybridized carbons (Fsp3) is 0.222. The molecular formula is C36H42F3N5O3. The van der Waals surface area contributed by atoms with E-state index in [2.05, 4.69) is 16.1 Å². The largest absolute Gasteiger partial charge is 0.416 e. The Morgan fingerprint density at radius 3 is 1.87 bits per heavy atom. The highest BCUT2D eigenvalue weighted by Crippen LogP contribution is 2.30. The first-order chi connectivity index (χ1) is 22.5. The summed E-state index contributed by atoms with van der Waals surface area (Å²) in [6.07, 6.45) is 0.913. The molecule has 0 aliphatic carbocycles. The molecule has 0 atom stereocenters. The van der Waals surface area contributed by atoms with Gasteiger partial charge in [-0.25, -0.2) is 4.52 Å². The second-order valence-corrected chi connectivity index (χ2v) is 9.59. The lowest BCUT2D eigenvalue weighted by Crippen LogP contribution is -2.17. The van der Waals surface area contributed by atoms with E-state index in [1.54, 1.807) is 67.2 Å². The van der Waals surface area contributed by atoms with Gasteiger partial charge in [-0.2, -0.15) is 18.3 Å². The number of nitrogens with one attached hydrogen (secondary N) is 1. The summed E-state index contributed by atoms with van der Waals surface area (Å²) >= 11 is 0. The van der Waals surface area contributed by atoms with Crippen molar-refractivity contribution in [3.05, 3.63) is 125 Å². The van der Waals surface area contributed by atoms with Crippen LogP contribution in [0.2, 0.25) is 0 Å². The molecule has 11 heteroatoms. The lowest BCUT2D eigenvalue weighted by atomic mass is 10.0. The number of carbonyl (C=O) groups is 3. The third-order valence-electron chi connectivity index (χ3n) is 6.29. The number of alkyl halides is 3. The van der Waals surface area contributed by atoms with Crippen molar-refractivity contribution in [1.82, 2.24) is 14.9 Å². The molecule has 0 unspecified atom stereocenters. The standard InChI is InChI=1S/C16H13N3O2.C9H10F3N.C8H8O.C2H6.CH5N/c1-17-16(21)13-4-2-12(3-5-13)14-9-18-19-7-6-11(10-20)8-15(14)19;1-13(2)8-5-3-7(4-6-8)9(10,11)12;1-7-2-4-8(6-9)5-3-7;2*1-2/h2-10H,1H3,(H,17,21);3-6H,1-2H3;2-6H,1H3;1-2H3;2H2,1H3. The Hall–Kier alpha value is -5.29. The van der Waals surface area contributed by atoms with Gasteiger partial charge in [-0.3, -0.25) is 14.4 Å². The summed E-state index contributed by atoms with van der Waals surface area (Å²) in [5.74, 6) is -0.121. The number of rotatable bonds is 5. The Morgan fingerprint density at radius 2 is 1.40 bits per heavy atom. The van der Waals surface area contributed by atoms with Gasteiger partial charge in [-0.1, -0.05) is 55.8 Å². The van der Waals surface area contributed by atoms with Crippen LogP contribution in [0.5, 0.6) is 0 Å². The van der Waals surface area contributed by atoms with Crippen molar-refractivity contribution in [2.24, 2.45) is 5.73 Å². The fourth-order valence-corrected chi connectivity index (χ4v) is 3.83. The molecule has 0 saturated heterocycles. The highest BCUT2D eigenvalue weighted by atomic mass is 19.4. The molecule has 0 bridgehead atoms. The Morgan fingerprint density at radius 1 is 0.851 bits per heavy atom. The zero-order chi connectivity index (χ0) is 35.6. The monoisotopic (exact) mass is 649 g/mol. The topological polar surface area (TPSA) is 110 Å². The Bertz CT molecular complexity index is 1660. The van der Waals surface area contributed by atoms with E-state index < -0.39 is 11.7 Å². The first-order valence-electron chi connectivity index (χ1n) is 14.7. The van der Waals surface area contributed by atoms with Crippen molar-refractivity contribution >= 4 is 29.7 Å². The molecule has 0 aliphatic heterocycles. The average molecular weight is 650 g/mol. The Balaban J connectivity index is 0.000000364. The summed E-state index contributed by atoms with van der Waals surface area (Å²) in [6, 6.07) is 23.3. The van der Waals surface area contributed by atoms with Crippen molar-refractivity contribution in [2.45, 2.75) is 26.9 Å². The van der Waals surface area contributed by atoms with E-state index in [-0.39, 0.29) is 5.91 Å². The number of halogens is 3. The minimum atomic E-state index is -4.25. The van der Waals surface area contributed by atoms with Crippen LogP contribution in [0, 0.1) is 6.92 Å². The first-order valence-corrected chi connectivity index (χ1v) is 14.7. The zero-order valence-corrected chi connectivity index (χ0v) is 27.7. The number of carbonyl (C=O) groups excluding carboxylic acids is 3. The normalized spacial score (nSPS) is 9.85. The van der Waals surface area contributed by atoms with E-state index in [1.807, 2.05) is 57.2 Å². The number of nitrogens with two attached hydrogens (primary N) is 1. The Labute approximate surface area is 274 Å². The van der Waals surface area contributed by atoms with Gasteiger partial charge in [0, 0.05) is 55.3 Å². The first kappa shape index (κ1) is 39.7. The van der Waals surface area contributed by atoms with Gasteiger partial charge in [0.15, 0.2) is 0 Å². The molecule has 0 saturated carbocycles. The number of aromatic nitrogens is 2. The van der Waals surface area contributed by atoms with Crippen molar-refractivity contribution in [3.63, 3.8) is 0 Å². The van der Waals surface area contributed by atoms with Crippen molar-refractivity contribution in [3.8, 4) is 11.1 Å². The van der Waals surface area contributed by atoms with Crippen LogP contribution < -0.4 is 16.0 Å². The van der Waals surface area contributed by atoms with Crippen LogP contribution in [-0.4, -0.2) is 56.3 Å². The highest BCUT2D eigenvalue weighted by Gasteiger charge is 2.29. The van der Waals surface area contributed by atoms with Gasteiger partial charge in [-0.05, 0) is 68.1 Å². The number of aldehydes is 2. The molecule has 5 rings (SSSR count). The number of amides is 1. The van der Waals surface area contributed by atoms with E-state index in [1.165, 1.54) is 24.7 Å². The van der Waals surface area contributed by atoms with Crippen LogP contribution in [0.4, 0.5) is 18.9 Å². The summed E-state index contributed by atoms with van der Waals surface area (Å²) in [4.78, 5) is 34.3. The molecule has 1 amide bonds. The smallest absolute Gasteiger partial charge is 0.378 e. The maximum Gasteiger partial charge on any atom is 0.416 e. The predicted octanol–water partition coefficient (Wildman–Crippen LogP) is 7.35. The van der Waals surface area contributed by atoms with Crippen LogP contribution in [0.25, 0.3) is 16.6 Å². The van der Waals surface area contributed by atoms with E-state index in [0.29, 0.717) is 11.1 Å². The number of aryl methyl sites for hydroxylation is 1. The highest BCUT2D eigenvalue weighted by molar-refractivity contribution is 5.95. The van der Waals surface area contributed by atoms with Gasteiger partial charge in [0.1, 0.15) is 12.6 Å². The van der Waals surface area contributed by atoms with Gasteiger partial charge in [0.25, 0.3) is 5.91 Å². The summed E-state index contributed by atoms with van der Waals surface area (Å²) in [5.41, 5.74) is 10.5. The average Bonchev–Trinajstić information content (AvgIpc) is 3.53. The third kappa shape index (κ3) is 12.2. The second kappa shape index (κ2) is 20.0. The second-order valence-electron chi connectivity index (χ2n) is 9.59. The molecule has 47 heavy (non-hydrogen) atoms. The van der Waals surface area contributed by atoms with E-state index in [0.717, 1.165) is 52.6 Å². The molecule has 250 valence electrons. The molecule has 0 fully saturated rings. The number of anilines is 1. The molecule has 2 aromatic heterocycles. The SMILES string of the molecule is CC.CN.CN(C)c1ccc(C(F)(F)F)cc1.CNC(=O)c1ccc(-c2cnn3ccc(C=O)cc23)cc1.Cc1ccc(C=O)cc1. The predicted molar refractivity (Wildman–Crippen MR) is 183 cm³/mol. The zero-order valence-electron chi connectivity index (χ0n) is 27.7. The van der Waals surface area contributed by atoms with Crippen LogP contribution >= 0.6 is 0 Å². The van der Waals surface area contributed by atoms with Gasteiger partial charge in [0.05, 0.1) is 17.3 Å². The molecule has 0 radical (unpaired) electrons. The quantitative estimate of drug-likeness (QED) is 0.193. The molecule has 3 aromatic carbocycles. The molecule has 2 heterocycles. The minimum absolute atomic E-state index is 0.121. The summed E-state index contributed by atoms with van der Waals surface area (Å²) < 4.78 is 38.0. The number of hydrogen-bond donors (Lipinski definition) is 2. The summed E-state index contributed by atoms with van der Waals surface area (Å²) in [7, 11) is 6.66. The molecule has 0 spiro atoms. The van der Waals surface area contributed by atoms with Gasteiger partial charge >= 0.3 is 6.18 Å². The maximum absolute atomic E-state index is 12.1. The van der Waals surface area contributed by atoms with E-state index >= 15 is 0 Å². The minimum Gasteiger partial charge on any atom is -0.378 e. The number of fused-ring (bicyclic) bond motifs is 1. The third-order valence-corrected chi connectivity index (χ3v) is 6.29. The van der Waals surface area contributed by atoms with E-state index in [4.69, 9.17) is 0 Å². The van der Waals surface area contributed by atoms with Crippen LogP contribution in [0.15, 0.2) is 97.3 Å². The summed E-state index contributed by atoms with van der Waals surface area (Å²) in [6.45, 7) is 5.99. The lowest BCUT2D eigenvalue weighted by molar-refractivity contribution is -0.137.